The van der Waals surface area contributed by atoms with E-state index in [0.717, 1.165) is 12.4 Å². The van der Waals surface area contributed by atoms with Gasteiger partial charge in [0.15, 0.2) is 0 Å². The number of hydrogen-bond donors (Lipinski definition) is 2. The molecule has 1 aromatic carbocycles. The van der Waals surface area contributed by atoms with E-state index in [2.05, 4.69) is 36.1 Å². The third kappa shape index (κ3) is 2.31. The molecule has 0 atom stereocenters. The summed E-state index contributed by atoms with van der Waals surface area (Å²) >= 11 is 4.14. The van der Waals surface area contributed by atoms with Crippen molar-refractivity contribution in [1.29, 1.82) is 0 Å². The SMILES string of the molecule is SCNCc1ccc2c(c1)CCCC2. The van der Waals surface area contributed by atoms with Gasteiger partial charge in [0.05, 0.1) is 0 Å². The zero-order chi connectivity index (χ0) is 9.80. The van der Waals surface area contributed by atoms with E-state index in [9.17, 15) is 0 Å². The highest BCUT2D eigenvalue weighted by Gasteiger charge is 2.08. The van der Waals surface area contributed by atoms with E-state index in [-0.39, 0.29) is 0 Å². The van der Waals surface area contributed by atoms with Crippen LogP contribution in [0.2, 0.25) is 0 Å². The predicted molar refractivity (Wildman–Crippen MR) is 63.8 cm³/mol. The third-order valence-corrected chi connectivity index (χ3v) is 3.08. The van der Waals surface area contributed by atoms with Crippen LogP contribution in [-0.2, 0) is 19.4 Å². The second-order valence-corrected chi connectivity index (χ2v) is 4.21. The van der Waals surface area contributed by atoms with Crippen LogP contribution in [-0.4, -0.2) is 5.88 Å². The van der Waals surface area contributed by atoms with E-state index in [1.165, 1.54) is 31.2 Å². The Morgan fingerprint density at radius 1 is 1.14 bits per heavy atom. The number of nitrogens with one attached hydrogen (secondary N) is 1. The summed E-state index contributed by atoms with van der Waals surface area (Å²) in [6, 6.07) is 6.88. The van der Waals surface area contributed by atoms with Crippen LogP contribution in [0.4, 0.5) is 0 Å². The van der Waals surface area contributed by atoms with E-state index < -0.39 is 0 Å². The third-order valence-electron chi connectivity index (χ3n) is 2.85. The van der Waals surface area contributed by atoms with Crippen LogP contribution in [0, 0.1) is 0 Å². The van der Waals surface area contributed by atoms with Crippen LogP contribution in [0.1, 0.15) is 29.5 Å². The summed E-state index contributed by atoms with van der Waals surface area (Å²) in [6.07, 6.45) is 5.26. The molecule has 76 valence electrons. The fourth-order valence-corrected chi connectivity index (χ4v) is 2.21. The molecular weight excluding hydrogens is 190 g/mol. The van der Waals surface area contributed by atoms with Gasteiger partial charge in [0.2, 0.25) is 0 Å². The average molecular weight is 207 g/mol. The maximum atomic E-state index is 4.14. The lowest BCUT2D eigenvalue weighted by Gasteiger charge is -2.16. The second-order valence-electron chi connectivity index (χ2n) is 3.90. The smallest absolute Gasteiger partial charge is 0.0390 e. The van der Waals surface area contributed by atoms with Crippen molar-refractivity contribution in [2.45, 2.75) is 32.2 Å². The topological polar surface area (TPSA) is 12.0 Å². The highest BCUT2D eigenvalue weighted by molar-refractivity contribution is 7.80. The number of hydrogen-bond acceptors (Lipinski definition) is 2. The molecule has 0 amide bonds. The van der Waals surface area contributed by atoms with Gasteiger partial charge < -0.3 is 5.32 Å². The summed E-state index contributed by atoms with van der Waals surface area (Å²) in [6.45, 7) is 0.941. The van der Waals surface area contributed by atoms with E-state index in [0.29, 0.717) is 0 Å². The average Bonchev–Trinajstić information content (AvgIpc) is 2.26. The number of fused-ring (bicyclic) bond motifs is 1. The van der Waals surface area contributed by atoms with Crippen LogP contribution in [0.15, 0.2) is 18.2 Å². The molecule has 1 N–H and O–H groups in total. The summed E-state index contributed by atoms with van der Waals surface area (Å²) in [5, 5.41) is 3.24. The Labute approximate surface area is 91.3 Å². The van der Waals surface area contributed by atoms with E-state index in [1.807, 2.05) is 0 Å². The van der Waals surface area contributed by atoms with Crippen molar-refractivity contribution in [2.75, 3.05) is 5.88 Å². The normalized spacial score (nSPS) is 15.2. The summed E-state index contributed by atoms with van der Waals surface area (Å²) in [5.74, 6) is 0.747. The molecule has 0 saturated heterocycles. The minimum absolute atomic E-state index is 0.747. The van der Waals surface area contributed by atoms with Gasteiger partial charge in [0.25, 0.3) is 0 Å². The molecule has 2 heteroatoms. The standard InChI is InChI=1S/C12H17NS/c14-9-13-8-10-5-6-11-3-1-2-4-12(11)7-10/h5-7,13-14H,1-4,8-9H2. The van der Waals surface area contributed by atoms with E-state index in [1.54, 1.807) is 11.1 Å². The van der Waals surface area contributed by atoms with E-state index >= 15 is 0 Å². The fourth-order valence-electron chi connectivity index (χ4n) is 2.10. The maximum absolute atomic E-state index is 4.14. The van der Waals surface area contributed by atoms with Gasteiger partial charge in [-0.25, -0.2) is 0 Å². The van der Waals surface area contributed by atoms with Gasteiger partial charge in [-0.1, -0.05) is 18.2 Å². The molecule has 0 radical (unpaired) electrons. The van der Waals surface area contributed by atoms with Crippen molar-refractivity contribution in [3.63, 3.8) is 0 Å². The van der Waals surface area contributed by atoms with Crippen molar-refractivity contribution < 1.29 is 0 Å². The first-order valence-electron chi connectivity index (χ1n) is 5.32. The van der Waals surface area contributed by atoms with Crippen LogP contribution in [0.3, 0.4) is 0 Å². The molecule has 0 spiro atoms. The Morgan fingerprint density at radius 2 is 1.93 bits per heavy atom. The number of benzene rings is 1. The molecule has 1 nitrogen and oxygen atoms in total. The molecule has 1 aliphatic rings. The first-order chi connectivity index (χ1) is 6.90. The summed E-state index contributed by atoms with van der Waals surface area (Å²) in [7, 11) is 0. The number of thiol groups is 1. The Bertz CT molecular complexity index is 309. The zero-order valence-electron chi connectivity index (χ0n) is 8.42. The van der Waals surface area contributed by atoms with Gasteiger partial charge in [-0.15, -0.1) is 0 Å². The molecule has 0 fully saturated rings. The number of rotatable bonds is 3. The van der Waals surface area contributed by atoms with Gasteiger partial charge in [-0.3, -0.25) is 0 Å². The highest BCUT2D eigenvalue weighted by atomic mass is 32.1. The molecule has 2 rings (SSSR count). The van der Waals surface area contributed by atoms with Crippen LogP contribution < -0.4 is 5.32 Å². The van der Waals surface area contributed by atoms with Crippen LogP contribution in [0.5, 0.6) is 0 Å². The summed E-state index contributed by atoms with van der Waals surface area (Å²) in [4.78, 5) is 0. The quantitative estimate of drug-likeness (QED) is 0.573. The molecule has 0 aliphatic heterocycles. The number of aryl methyl sites for hydroxylation is 2. The predicted octanol–water partition coefficient (Wildman–Crippen LogP) is 2.54. The Kier molecular flexibility index (Phi) is 3.49. The van der Waals surface area contributed by atoms with Crippen LogP contribution in [0.25, 0.3) is 0 Å². The molecule has 0 heterocycles. The Hall–Kier alpha value is -0.470. The first kappa shape index (κ1) is 10.1. The maximum Gasteiger partial charge on any atom is 0.0390 e. The Morgan fingerprint density at radius 3 is 2.71 bits per heavy atom. The molecule has 14 heavy (non-hydrogen) atoms. The van der Waals surface area contributed by atoms with Crippen molar-refractivity contribution in [3.05, 3.63) is 34.9 Å². The van der Waals surface area contributed by atoms with Gasteiger partial charge in [0, 0.05) is 12.4 Å². The van der Waals surface area contributed by atoms with Gasteiger partial charge in [0.1, 0.15) is 0 Å². The summed E-state index contributed by atoms with van der Waals surface area (Å²) < 4.78 is 0. The first-order valence-corrected chi connectivity index (χ1v) is 5.95. The van der Waals surface area contributed by atoms with Gasteiger partial charge >= 0.3 is 0 Å². The van der Waals surface area contributed by atoms with Crippen molar-refractivity contribution >= 4 is 12.6 Å². The molecule has 0 saturated carbocycles. The van der Waals surface area contributed by atoms with E-state index in [4.69, 9.17) is 0 Å². The van der Waals surface area contributed by atoms with Crippen molar-refractivity contribution in [2.24, 2.45) is 0 Å². The largest absolute Gasteiger partial charge is 0.304 e. The van der Waals surface area contributed by atoms with Crippen molar-refractivity contribution in [1.82, 2.24) is 5.32 Å². The molecule has 1 aromatic rings. The minimum Gasteiger partial charge on any atom is -0.304 e. The lowest BCUT2D eigenvalue weighted by atomic mass is 9.90. The molecule has 0 aromatic heterocycles. The molecule has 0 bridgehead atoms. The zero-order valence-corrected chi connectivity index (χ0v) is 9.32. The molecule has 0 unspecified atom stereocenters. The Balaban J connectivity index is 2.12. The van der Waals surface area contributed by atoms with Gasteiger partial charge in [-0.2, -0.15) is 12.6 Å². The molecular formula is C12H17NS. The molecule has 1 aliphatic carbocycles. The van der Waals surface area contributed by atoms with Crippen LogP contribution >= 0.6 is 12.6 Å². The minimum atomic E-state index is 0.747. The highest BCUT2D eigenvalue weighted by Crippen LogP contribution is 2.22. The second kappa shape index (κ2) is 4.85. The lowest BCUT2D eigenvalue weighted by Crippen LogP contribution is -2.11. The fraction of sp³-hybridized carbons (Fsp3) is 0.500. The van der Waals surface area contributed by atoms with Crippen molar-refractivity contribution in [3.8, 4) is 0 Å². The lowest BCUT2D eigenvalue weighted by molar-refractivity contribution is 0.682. The van der Waals surface area contributed by atoms with Gasteiger partial charge in [-0.05, 0) is 42.4 Å². The monoisotopic (exact) mass is 207 g/mol. The summed E-state index contributed by atoms with van der Waals surface area (Å²) in [5.41, 5.74) is 4.51.